The van der Waals surface area contributed by atoms with Crippen LogP contribution in [0.2, 0.25) is 5.02 Å². The molecule has 0 spiro atoms. The molecule has 6 nitrogen and oxygen atoms in total. The van der Waals surface area contributed by atoms with Crippen molar-refractivity contribution < 1.29 is 17.2 Å². The van der Waals surface area contributed by atoms with Crippen molar-refractivity contribution in [3.63, 3.8) is 0 Å². The van der Waals surface area contributed by atoms with Gasteiger partial charge < -0.3 is 4.57 Å². The molecule has 10 heteroatoms. The van der Waals surface area contributed by atoms with E-state index in [0.717, 1.165) is 37.6 Å². The molecule has 1 aromatic heterocycles. The van der Waals surface area contributed by atoms with E-state index in [1.165, 1.54) is 24.3 Å². The van der Waals surface area contributed by atoms with Crippen LogP contribution >= 0.6 is 11.6 Å². The highest BCUT2D eigenvalue weighted by molar-refractivity contribution is 7.92. The Morgan fingerprint density at radius 1 is 1.03 bits per heavy atom. The smallest absolute Gasteiger partial charge is 0.262 e. The lowest BCUT2D eigenvalue weighted by Gasteiger charge is -2.12. The monoisotopic (exact) mass is 438 g/mol. The summed E-state index contributed by atoms with van der Waals surface area (Å²) in [6, 6.07) is 7.31. The summed E-state index contributed by atoms with van der Waals surface area (Å²) in [5, 5.41) is 8.40. The largest absolute Gasteiger partial charge is 0.311 e. The predicted molar refractivity (Wildman–Crippen MR) is 105 cm³/mol. The van der Waals surface area contributed by atoms with Crippen LogP contribution in [-0.2, 0) is 23.0 Å². The van der Waals surface area contributed by atoms with Crippen molar-refractivity contribution in [1.82, 2.24) is 14.8 Å². The third kappa shape index (κ3) is 3.97. The highest BCUT2D eigenvalue weighted by atomic mass is 35.5. The normalized spacial score (nSPS) is 14.3. The molecule has 0 radical (unpaired) electrons. The summed E-state index contributed by atoms with van der Waals surface area (Å²) in [7, 11) is -4.12. The van der Waals surface area contributed by atoms with Gasteiger partial charge in [0, 0.05) is 24.1 Å². The number of aryl methyl sites for hydroxylation is 1. The Balaban J connectivity index is 1.75. The first-order chi connectivity index (χ1) is 13.8. The molecule has 1 aliphatic rings. The van der Waals surface area contributed by atoms with Crippen molar-refractivity contribution in [2.75, 3.05) is 4.72 Å². The molecule has 2 heterocycles. The van der Waals surface area contributed by atoms with E-state index in [2.05, 4.69) is 14.9 Å². The van der Waals surface area contributed by atoms with Crippen LogP contribution < -0.4 is 4.72 Å². The molecule has 0 atom stereocenters. The lowest BCUT2D eigenvalue weighted by atomic mass is 10.1. The molecule has 1 aliphatic heterocycles. The van der Waals surface area contributed by atoms with E-state index in [9.17, 15) is 17.2 Å². The van der Waals surface area contributed by atoms with E-state index in [4.69, 9.17) is 11.6 Å². The molecule has 4 rings (SSSR count). The standard InChI is InChI=1S/C19H17ClF2N4O2S/c20-12-5-4-6-13(9-12)29(27,28)25-17-10-14(15(21)11-16(17)22)19-24-23-18-7-2-1-3-8-26(18)19/h4-6,9-11,25H,1-3,7-8H2. The average molecular weight is 439 g/mol. The summed E-state index contributed by atoms with van der Waals surface area (Å²) in [4.78, 5) is -0.133. The molecule has 0 saturated carbocycles. The first kappa shape index (κ1) is 19.8. The van der Waals surface area contributed by atoms with Crippen LogP contribution in [0.15, 0.2) is 41.3 Å². The van der Waals surface area contributed by atoms with Gasteiger partial charge in [-0.15, -0.1) is 10.2 Å². The van der Waals surface area contributed by atoms with E-state index in [1.807, 2.05) is 0 Å². The van der Waals surface area contributed by atoms with Gasteiger partial charge in [0.05, 0.1) is 16.1 Å². The maximum atomic E-state index is 14.6. The summed E-state index contributed by atoms with van der Waals surface area (Å²) in [5.41, 5.74) is -0.400. The molecule has 0 bridgehead atoms. The molecule has 3 aromatic rings. The molecular weight excluding hydrogens is 422 g/mol. The van der Waals surface area contributed by atoms with Gasteiger partial charge in [-0.1, -0.05) is 24.1 Å². The number of hydrogen-bond donors (Lipinski definition) is 1. The number of benzene rings is 2. The fourth-order valence-corrected chi connectivity index (χ4v) is 4.68. The van der Waals surface area contributed by atoms with E-state index in [1.54, 1.807) is 4.57 Å². The molecule has 0 unspecified atom stereocenters. The van der Waals surface area contributed by atoms with Gasteiger partial charge in [-0.25, -0.2) is 17.2 Å². The number of nitrogens with one attached hydrogen (secondary N) is 1. The fraction of sp³-hybridized carbons (Fsp3) is 0.263. The molecule has 0 amide bonds. The Morgan fingerprint density at radius 3 is 2.66 bits per heavy atom. The summed E-state index contributed by atoms with van der Waals surface area (Å²) in [6.45, 7) is 0.623. The summed E-state index contributed by atoms with van der Waals surface area (Å²) in [6.07, 6.45) is 3.62. The Labute approximate surface area is 171 Å². The van der Waals surface area contributed by atoms with E-state index in [-0.39, 0.29) is 27.0 Å². The van der Waals surface area contributed by atoms with Crippen molar-refractivity contribution in [3.8, 4) is 11.4 Å². The second kappa shape index (κ2) is 7.72. The minimum atomic E-state index is -4.12. The summed E-state index contributed by atoms with van der Waals surface area (Å²) < 4.78 is 58.1. The van der Waals surface area contributed by atoms with Gasteiger partial charge in [0.15, 0.2) is 5.82 Å². The number of halogens is 3. The number of anilines is 1. The zero-order valence-corrected chi connectivity index (χ0v) is 16.8. The van der Waals surface area contributed by atoms with Crippen molar-refractivity contribution in [1.29, 1.82) is 0 Å². The first-order valence-corrected chi connectivity index (χ1v) is 10.9. The third-order valence-electron chi connectivity index (χ3n) is 4.76. The SMILES string of the molecule is O=S(=O)(Nc1cc(-c2nnc3n2CCCCC3)c(F)cc1F)c1cccc(Cl)c1. The van der Waals surface area contributed by atoms with Gasteiger partial charge in [0.25, 0.3) is 10.0 Å². The average Bonchev–Trinajstić information content (AvgIpc) is 2.91. The number of hydrogen-bond acceptors (Lipinski definition) is 4. The second-order valence-electron chi connectivity index (χ2n) is 6.78. The number of rotatable bonds is 4. The molecule has 152 valence electrons. The third-order valence-corrected chi connectivity index (χ3v) is 6.36. The Hall–Kier alpha value is -2.52. The highest BCUT2D eigenvalue weighted by Gasteiger charge is 2.23. The Morgan fingerprint density at radius 2 is 1.86 bits per heavy atom. The minimum absolute atomic E-state index is 0.0177. The Kier molecular flexibility index (Phi) is 5.26. The van der Waals surface area contributed by atoms with Crippen molar-refractivity contribution in [3.05, 3.63) is 58.9 Å². The highest BCUT2D eigenvalue weighted by Crippen LogP contribution is 2.30. The number of fused-ring (bicyclic) bond motifs is 1. The van der Waals surface area contributed by atoms with E-state index >= 15 is 0 Å². The van der Waals surface area contributed by atoms with E-state index < -0.39 is 21.7 Å². The lowest BCUT2D eigenvalue weighted by Crippen LogP contribution is -2.14. The van der Waals surface area contributed by atoms with Gasteiger partial charge in [0.2, 0.25) is 0 Å². The molecule has 0 saturated heterocycles. The lowest BCUT2D eigenvalue weighted by molar-refractivity contribution is 0.581. The molecule has 0 fully saturated rings. The quantitative estimate of drug-likeness (QED) is 0.654. The Bertz CT molecular complexity index is 1180. The van der Waals surface area contributed by atoms with Crippen LogP contribution in [0.25, 0.3) is 11.4 Å². The van der Waals surface area contributed by atoms with Crippen molar-refractivity contribution >= 4 is 27.3 Å². The van der Waals surface area contributed by atoms with Crippen LogP contribution in [-0.4, -0.2) is 23.2 Å². The zero-order chi connectivity index (χ0) is 20.6. The topological polar surface area (TPSA) is 76.9 Å². The fourth-order valence-electron chi connectivity index (χ4n) is 3.32. The van der Waals surface area contributed by atoms with Crippen LogP contribution in [0.4, 0.5) is 14.5 Å². The van der Waals surface area contributed by atoms with Crippen LogP contribution in [0, 0.1) is 11.6 Å². The van der Waals surface area contributed by atoms with Crippen LogP contribution in [0.5, 0.6) is 0 Å². The van der Waals surface area contributed by atoms with E-state index in [0.29, 0.717) is 12.6 Å². The van der Waals surface area contributed by atoms with Crippen molar-refractivity contribution in [2.45, 2.75) is 37.1 Å². The van der Waals surface area contributed by atoms with Gasteiger partial charge >= 0.3 is 0 Å². The second-order valence-corrected chi connectivity index (χ2v) is 8.90. The first-order valence-electron chi connectivity index (χ1n) is 9.05. The molecular formula is C19H17ClF2N4O2S. The number of aromatic nitrogens is 3. The zero-order valence-electron chi connectivity index (χ0n) is 15.2. The number of nitrogens with zero attached hydrogens (tertiary/aromatic N) is 3. The van der Waals surface area contributed by atoms with Gasteiger partial charge in [-0.3, -0.25) is 4.72 Å². The molecule has 0 aliphatic carbocycles. The molecule has 29 heavy (non-hydrogen) atoms. The summed E-state index contributed by atoms with van der Waals surface area (Å²) >= 11 is 5.85. The number of sulfonamides is 1. The minimum Gasteiger partial charge on any atom is -0.311 e. The van der Waals surface area contributed by atoms with Gasteiger partial charge in [0.1, 0.15) is 17.5 Å². The summed E-state index contributed by atoms with van der Waals surface area (Å²) in [5.74, 6) is -0.884. The molecule has 2 aromatic carbocycles. The van der Waals surface area contributed by atoms with Crippen LogP contribution in [0.3, 0.4) is 0 Å². The van der Waals surface area contributed by atoms with Crippen LogP contribution in [0.1, 0.15) is 25.1 Å². The van der Waals surface area contributed by atoms with Crippen molar-refractivity contribution in [2.24, 2.45) is 0 Å². The molecule has 1 N–H and O–H groups in total. The maximum absolute atomic E-state index is 14.6. The van der Waals surface area contributed by atoms with Gasteiger partial charge in [-0.2, -0.15) is 0 Å². The predicted octanol–water partition coefficient (Wildman–Crippen LogP) is 4.40. The van der Waals surface area contributed by atoms with Gasteiger partial charge in [-0.05, 0) is 37.1 Å². The maximum Gasteiger partial charge on any atom is 0.262 e.